The van der Waals surface area contributed by atoms with Crippen LogP contribution in [0.5, 0.6) is 0 Å². The first-order valence-corrected chi connectivity index (χ1v) is 5.26. The maximum absolute atomic E-state index is 11.2. The average Bonchev–Trinajstić information content (AvgIpc) is 1.94. The van der Waals surface area contributed by atoms with Crippen molar-refractivity contribution in [2.75, 3.05) is 0 Å². The predicted molar refractivity (Wildman–Crippen MR) is 57.8 cm³/mol. The Morgan fingerprint density at radius 2 is 1.36 bits per heavy atom. The van der Waals surface area contributed by atoms with Crippen molar-refractivity contribution < 1.29 is 29.1 Å². The van der Waals surface area contributed by atoms with E-state index in [-0.39, 0.29) is 47.0 Å². The van der Waals surface area contributed by atoms with Crippen LogP contribution in [0, 0.1) is 0 Å². The Bertz CT molecular complexity index is 102. The summed E-state index contributed by atoms with van der Waals surface area (Å²) in [6.07, 6.45) is 8.48. The molecule has 0 spiro atoms. The molecule has 0 aromatic rings. The van der Waals surface area contributed by atoms with Crippen molar-refractivity contribution in [3.63, 3.8) is 0 Å². The Kier molecular flexibility index (Phi) is 18.6. The van der Waals surface area contributed by atoms with Gasteiger partial charge in [-0.3, -0.25) is 0 Å². The monoisotopic (exact) mass is 322 g/mol. The summed E-state index contributed by atoms with van der Waals surface area (Å²) in [5, 5.41) is 11.2. The second-order valence-corrected chi connectivity index (χ2v) is 4.28. The first-order chi connectivity index (χ1) is 5.56. The summed E-state index contributed by atoms with van der Waals surface area (Å²) in [6, 6.07) is 0. The van der Waals surface area contributed by atoms with Gasteiger partial charge in [-0.15, -0.1) is 5.60 Å². The zero-order valence-corrected chi connectivity index (χ0v) is 13.5. The molecule has 3 heteroatoms. The Morgan fingerprint density at radius 1 is 0.929 bits per heavy atom. The third kappa shape index (κ3) is 19.1. The third-order valence-electron chi connectivity index (χ3n) is 2.13. The van der Waals surface area contributed by atoms with Crippen LogP contribution in [0.1, 0.15) is 65.7 Å². The van der Waals surface area contributed by atoms with Gasteiger partial charge in [0.15, 0.2) is 0 Å². The van der Waals surface area contributed by atoms with Crippen LogP contribution < -0.4 is 29.1 Å². The molecule has 0 aromatic carbocycles. The zero-order valence-electron chi connectivity index (χ0n) is 9.94. The molecule has 0 aromatic heterocycles. The first kappa shape index (κ1) is 20.8. The number of hydrogen-bond acceptors (Lipinski definition) is 1. The van der Waals surface area contributed by atoms with E-state index in [1.165, 1.54) is 32.1 Å². The standard InChI is InChI=1S/C11H23O.HI.Mg/c1-4-5-6-7-8-9-10-11(2,3)12;;/h4-10H2,1-3H3;1H;/q-1;;+2/p-1. The van der Waals surface area contributed by atoms with Gasteiger partial charge in [-0.05, 0) is 0 Å². The maximum Gasteiger partial charge on any atom is 2.00 e. The molecule has 0 N–H and O–H groups in total. The van der Waals surface area contributed by atoms with Crippen molar-refractivity contribution >= 4 is 23.1 Å². The summed E-state index contributed by atoms with van der Waals surface area (Å²) in [5.74, 6) is 0. The molecule has 0 heterocycles. The topological polar surface area (TPSA) is 23.1 Å². The predicted octanol–water partition coefficient (Wildman–Crippen LogP) is -0.501. The molecular weight excluding hydrogens is 299 g/mol. The van der Waals surface area contributed by atoms with Gasteiger partial charge in [-0.2, -0.15) is 0 Å². The van der Waals surface area contributed by atoms with Gasteiger partial charge in [0.2, 0.25) is 0 Å². The maximum atomic E-state index is 11.2. The molecule has 0 rings (SSSR count). The molecule has 82 valence electrons. The van der Waals surface area contributed by atoms with Crippen LogP contribution in [0.3, 0.4) is 0 Å². The molecule has 14 heavy (non-hydrogen) atoms. The van der Waals surface area contributed by atoms with Crippen LogP contribution in [-0.4, -0.2) is 28.7 Å². The third-order valence-corrected chi connectivity index (χ3v) is 2.13. The molecule has 0 aliphatic rings. The molecule has 0 saturated carbocycles. The summed E-state index contributed by atoms with van der Waals surface area (Å²) in [5.41, 5.74) is -0.704. The van der Waals surface area contributed by atoms with Crippen LogP contribution in [-0.2, 0) is 0 Å². The first-order valence-electron chi connectivity index (χ1n) is 5.26. The van der Waals surface area contributed by atoms with E-state index in [0.29, 0.717) is 0 Å². The van der Waals surface area contributed by atoms with Gasteiger partial charge in [0.05, 0.1) is 0 Å². The van der Waals surface area contributed by atoms with Crippen LogP contribution in [0.2, 0.25) is 0 Å². The summed E-state index contributed by atoms with van der Waals surface area (Å²) in [7, 11) is 0. The van der Waals surface area contributed by atoms with Crippen LogP contribution in [0.4, 0.5) is 0 Å². The van der Waals surface area contributed by atoms with Crippen molar-refractivity contribution in [1.29, 1.82) is 0 Å². The zero-order chi connectivity index (χ0) is 9.45. The van der Waals surface area contributed by atoms with Crippen molar-refractivity contribution in [2.24, 2.45) is 0 Å². The normalized spacial score (nSPS) is 10.3. The van der Waals surface area contributed by atoms with Crippen LogP contribution in [0.15, 0.2) is 0 Å². The average molecular weight is 323 g/mol. The van der Waals surface area contributed by atoms with Gasteiger partial charge < -0.3 is 29.1 Å². The van der Waals surface area contributed by atoms with Gasteiger partial charge >= 0.3 is 23.1 Å². The number of hydrogen-bond donors (Lipinski definition) is 0. The van der Waals surface area contributed by atoms with E-state index in [2.05, 4.69) is 6.92 Å². The Morgan fingerprint density at radius 3 is 1.79 bits per heavy atom. The minimum atomic E-state index is -0.704. The molecule has 0 fully saturated rings. The Balaban J connectivity index is -0.000000605. The van der Waals surface area contributed by atoms with E-state index in [9.17, 15) is 5.11 Å². The van der Waals surface area contributed by atoms with Gasteiger partial charge in [-0.1, -0.05) is 65.7 Å². The molecule has 0 amide bonds. The summed E-state index contributed by atoms with van der Waals surface area (Å²) < 4.78 is 0. The fourth-order valence-electron chi connectivity index (χ4n) is 1.33. The minimum Gasteiger partial charge on any atom is -1.00 e. The van der Waals surface area contributed by atoms with Crippen molar-refractivity contribution in [3.05, 3.63) is 0 Å². The second kappa shape index (κ2) is 12.5. The Labute approximate surface area is 123 Å². The van der Waals surface area contributed by atoms with E-state index in [1.807, 2.05) is 0 Å². The van der Waals surface area contributed by atoms with Crippen molar-refractivity contribution in [2.45, 2.75) is 71.3 Å². The van der Waals surface area contributed by atoms with Crippen molar-refractivity contribution in [1.82, 2.24) is 0 Å². The molecule has 0 unspecified atom stereocenters. The molecule has 0 aliphatic heterocycles. The minimum absolute atomic E-state index is 0. The molecule has 0 bridgehead atoms. The molecule has 0 saturated heterocycles. The molecule has 1 nitrogen and oxygen atoms in total. The van der Waals surface area contributed by atoms with E-state index in [1.54, 1.807) is 13.8 Å². The number of rotatable bonds is 7. The Hall–Kier alpha value is 1.46. The van der Waals surface area contributed by atoms with E-state index in [4.69, 9.17) is 0 Å². The fourth-order valence-corrected chi connectivity index (χ4v) is 1.33. The van der Waals surface area contributed by atoms with Gasteiger partial charge in [0.25, 0.3) is 0 Å². The molecule has 0 radical (unpaired) electrons. The van der Waals surface area contributed by atoms with Gasteiger partial charge in [0, 0.05) is 0 Å². The van der Waals surface area contributed by atoms with E-state index in [0.717, 1.165) is 12.8 Å². The van der Waals surface area contributed by atoms with Crippen LogP contribution >= 0.6 is 0 Å². The smallest absolute Gasteiger partial charge is 1.00 e. The quantitative estimate of drug-likeness (QED) is 0.352. The molecule has 0 atom stereocenters. The van der Waals surface area contributed by atoms with E-state index < -0.39 is 5.60 Å². The summed E-state index contributed by atoms with van der Waals surface area (Å²) >= 11 is 0. The number of halogens is 1. The largest absolute Gasteiger partial charge is 2.00 e. The molecule has 0 aliphatic carbocycles. The van der Waals surface area contributed by atoms with Gasteiger partial charge in [0.1, 0.15) is 0 Å². The number of unbranched alkanes of at least 4 members (excludes halogenated alkanes) is 5. The molecular formula is C11H23IMgO. The van der Waals surface area contributed by atoms with Gasteiger partial charge in [-0.25, -0.2) is 0 Å². The second-order valence-electron chi connectivity index (χ2n) is 4.28. The SMILES string of the molecule is CCCCCCCCC(C)(C)[O-].[I-].[Mg+2]. The summed E-state index contributed by atoms with van der Waals surface area (Å²) in [4.78, 5) is 0. The fraction of sp³-hybridized carbons (Fsp3) is 1.00. The van der Waals surface area contributed by atoms with Crippen molar-refractivity contribution in [3.8, 4) is 0 Å². The van der Waals surface area contributed by atoms with Crippen LogP contribution in [0.25, 0.3) is 0 Å². The van der Waals surface area contributed by atoms with E-state index >= 15 is 0 Å². The summed E-state index contributed by atoms with van der Waals surface area (Å²) in [6.45, 7) is 5.78.